The number of halogens is 1. The van der Waals surface area contributed by atoms with E-state index >= 15 is 0 Å². The fourth-order valence-corrected chi connectivity index (χ4v) is 3.34. The molecule has 0 aliphatic heterocycles. The van der Waals surface area contributed by atoms with Crippen molar-refractivity contribution in [2.75, 3.05) is 0 Å². The zero-order chi connectivity index (χ0) is 16.9. The lowest BCUT2D eigenvalue weighted by Gasteiger charge is -2.18. The second-order valence-electron chi connectivity index (χ2n) is 5.52. The first-order valence-corrected chi connectivity index (χ1v) is 8.74. The Morgan fingerprint density at radius 1 is 1.08 bits per heavy atom. The van der Waals surface area contributed by atoms with E-state index in [0.29, 0.717) is 5.56 Å². The van der Waals surface area contributed by atoms with Crippen molar-refractivity contribution in [3.8, 4) is 0 Å². The van der Waals surface area contributed by atoms with Crippen molar-refractivity contribution in [3.05, 3.63) is 93.4 Å². The summed E-state index contributed by atoms with van der Waals surface area (Å²) >= 11 is 1.60. The average Bonchev–Trinajstić information content (AvgIpc) is 3.14. The van der Waals surface area contributed by atoms with Crippen molar-refractivity contribution in [3.63, 3.8) is 0 Å². The molecule has 0 bridgehead atoms. The highest BCUT2D eigenvalue weighted by Crippen LogP contribution is 2.27. The molecule has 1 amide bonds. The van der Waals surface area contributed by atoms with Gasteiger partial charge in [0.25, 0.3) is 5.91 Å². The Labute approximate surface area is 145 Å². The molecule has 0 aliphatic rings. The van der Waals surface area contributed by atoms with E-state index in [9.17, 15) is 9.18 Å². The topological polar surface area (TPSA) is 29.1 Å². The van der Waals surface area contributed by atoms with Crippen LogP contribution >= 0.6 is 11.3 Å². The van der Waals surface area contributed by atoms with Crippen molar-refractivity contribution in [1.82, 2.24) is 5.32 Å². The number of carbonyl (C=O) groups excluding carboxylic acids is 1. The molecular formula is C20H18FNOS. The number of nitrogens with one attached hydrogen (secondary N) is 1. The molecule has 2 aromatic carbocycles. The van der Waals surface area contributed by atoms with Gasteiger partial charge in [0.15, 0.2) is 0 Å². The zero-order valence-electron chi connectivity index (χ0n) is 13.3. The highest BCUT2D eigenvalue weighted by molar-refractivity contribution is 7.10. The van der Waals surface area contributed by atoms with Crippen LogP contribution in [0, 0.1) is 5.82 Å². The van der Waals surface area contributed by atoms with Gasteiger partial charge in [-0.25, -0.2) is 4.39 Å². The Kier molecular flexibility index (Phi) is 5.06. The van der Waals surface area contributed by atoms with Gasteiger partial charge in [0.05, 0.1) is 6.04 Å². The number of hydrogen-bond donors (Lipinski definition) is 1. The van der Waals surface area contributed by atoms with Gasteiger partial charge in [-0.05, 0) is 53.3 Å². The van der Waals surface area contributed by atoms with Crippen LogP contribution in [0.3, 0.4) is 0 Å². The highest BCUT2D eigenvalue weighted by atomic mass is 32.1. The van der Waals surface area contributed by atoms with Crippen molar-refractivity contribution >= 4 is 17.2 Å². The molecule has 0 saturated heterocycles. The first kappa shape index (κ1) is 16.4. The Hall–Kier alpha value is -2.46. The highest BCUT2D eigenvalue weighted by Gasteiger charge is 2.18. The quantitative estimate of drug-likeness (QED) is 0.699. The summed E-state index contributed by atoms with van der Waals surface area (Å²) in [4.78, 5) is 13.6. The predicted octanol–water partition coefficient (Wildman–Crippen LogP) is 4.97. The second-order valence-corrected chi connectivity index (χ2v) is 6.50. The number of aryl methyl sites for hydroxylation is 1. The van der Waals surface area contributed by atoms with Crippen LogP contribution in [0.25, 0.3) is 0 Å². The number of carbonyl (C=O) groups is 1. The van der Waals surface area contributed by atoms with Crippen molar-refractivity contribution in [2.45, 2.75) is 19.4 Å². The monoisotopic (exact) mass is 339 g/mol. The Bertz CT molecular complexity index is 795. The molecule has 24 heavy (non-hydrogen) atoms. The van der Waals surface area contributed by atoms with E-state index in [1.807, 2.05) is 29.6 Å². The Balaban J connectivity index is 1.87. The van der Waals surface area contributed by atoms with E-state index in [4.69, 9.17) is 0 Å². The Morgan fingerprint density at radius 3 is 2.38 bits per heavy atom. The van der Waals surface area contributed by atoms with E-state index in [2.05, 4.69) is 24.4 Å². The fourth-order valence-electron chi connectivity index (χ4n) is 2.54. The molecular weight excluding hydrogens is 321 g/mol. The minimum atomic E-state index is -0.350. The van der Waals surface area contributed by atoms with Crippen LogP contribution in [0.5, 0.6) is 0 Å². The molecule has 0 radical (unpaired) electrons. The summed E-state index contributed by atoms with van der Waals surface area (Å²) in [7, 11) is 0. The number of rotatable bonds is 5. The van der Waals surface area contributed by atoms with Gasteiger partial charge in [0.2, 0.25) is 0 Å². The summed E-state index contributed by atoms with van der Waals surface area (Å²) in [5.41, 5.74) is 2.74. The van der Waals surface area contributed by atoms with Crippen molar-refractivity contribution in [2.24, 2.45) is 0 Å². The average molecular weight is 339 g/mol. The summed E-state index contributed by atoms with van der Waals surface area (Å²) < 4.78 is 13.0. The number of thiophene rings is 1. The van der Waals surface area contributed by atoms with Crippen LogP contribution in [-0.2, 0) is 6.42 Å². The lowest BCUT2D eigenvalue weighted by atomic mass is 10.0. The molecule has 1 aromatic heterocycles. The second kappa shape index (κ2) is 7.41. The van der Waals surface area contributed by atoms with E-state index < -0.39 is 0 Å². The summed E-state index contributed by atoms with van der Waals surface area (Å²) in [5.74, 6) is -0.565. The minimum Gasteiger partial charge on any atom is -0.340 e. The molecule has 1 heterocycles. The van der Waals surface area contributed by atoms with Crippen LogP contribution in [-0.4, -0.2) is 5.91 Å². The van der Waals surface area contributed by atoms with Crippen LogP contribution < -0.4 is 5.32 Å². The fraction of sp³-hybridized carbons (Fsp3) is 0.150. The first-order chi connectivity index (χ1) is 11.7. The van der Waals surface area contributed by atoms with E-state index in [-0.39, 0.29) is 17.8 Å². The molecule has 1 atom stereocenters. The summed E-state index contributed by atoms with van der Waals surface area (Å²) in [5, 5.41) is 5.05. The van der Waals surface area contributed by atoms with Crippen LogP contribution in [0.15, 0.2) is 66.0 Å². The van der Waals surface area contributed by atoms with E-state index in [1.165, 1.54) is 29.8 Å². The van der Waals surface area contributed by atoms with Gasteiger partial charge in [0.1, 0.15) is 5.82 Å². The van der Waals surface area contributed by atoms with Gasteiger partial charge in [0, 0.05) is 10.4 Å². The smallest absolute Gasteiger partial charge is 0.252 e. The van der Waals surface area contributed by atoms with Crippen LogP contribution in [0.2, 0.25) is 0 Å². The third kappa shape index (κ3) is 3.71. The molecule has 0 fully saturated rings. The molecule has 0 saturated carbocycles. The zero-order valence-corrected chi connectivity index (χ0v) is 14.1. The van der Waals surface area contributed by atoms with E-state index in [0.717, 1.165) is 16.9 Å². The maximum atomic E-state index is 13.0. The van der Waals surface area contributed by atoms with Crippen LogP contribution in [0.1, 0.15) is 39.3 Å². The lowest BCUT2D eigenvalue weighted by Crippen LogP contribution is -2.28. The van der Waals surface area contributed by atoms with Gasteiger partial charge in [-0.2, -0.15) is 0 Å². The third-order valence-corrected chi connectivity index (χ3v) is 4.87. The summed E-state index contributed by atoms with van der Waals surface area (Å²) in [6.45, 7) is 2.11. The largest absolute Gasteiger partial charge is 0.340 e. The normalized spacial score (nSPS) is 11.9. The van der Waals surface area contributed by atoms with Gasteiger partial charge >= 0.3 is 0 Å². The minimum absolute atomic E-state index is 0.214. The first-order valence-electron chi connectivity index (χ1n) is 7.86. The van der Waals surface area contributed by atoms with Crippen LogP contribution in [0.4, 0.5) is 4.39 Å². The van der Waals surface area contributed by atoms with Crippen molar-refractivity contribution in [1.29, 1.82) is 0 Å². The SMILES string of the molecule is CCc1ccc([C@@H](NC(=O)c2ccc(F)cc2)c2cccs2)cc1. The molecule has 122 valence electrons. The maximum Gasteiger partial charge on any atom is 0.252 e. The molecule has 3 aromatic rings. The lowest BCUT2D eigenvalue weighted by molar-refractivity contribution is 0.0943. The maximum absolute atomic E-state index is 13.0. The molecule has 2 nitrogen and oxygen atoms in total. The number of hydrogen-bond acceptors (Lipinski definition) is 2. The van der Waals surface area contributed by atoms with Gasteiger partial charge in [-0.3, -0.25) is 4.79 Å². The van der Waals surface area contributed by atoms with E-state index in [1.54, 1.807) is 11.3 Å². The molecule has 0 spiro atoms. The van der Waals surface area contributed by atoms with Gasteiger partial charge < -0.3 is 5.32 Å². The van der Waals surface area contributed by atoms with Gasteiger partial charge in [-0.15, -0.1) is 11.3 Å². The molecule has 1 N–H and O–H groups in total. The van der Waals surface area contributed by atoms with Gasteiger partial charge in [-0.1, -0.05) is 37.3 Å². The molecule has 4 heteroatoms. The number of amides is 1. The number of benzene rings is 2. The molecule has 0 unspecified atom stereocenters. The summed E-state index contributed by atoms with van der Waals surface area (Å²) in [6.07, 6.45) is 0.978. The molecule has 3 rings (SSSR count). The molecule has 0 aliphatic carbocycles. The van der Waals surface area contributed by atoms with Crippen molar-refractivity contribution < 1.29 is 9.18 Å². The standard InChI is InChI=1S/C20H18FNOS/c1-2-14-5-7-15(8-6-14)19(18-4-3-13-24-18)22-20(23)16-9-11-17(21)12-10-16/h3-13,19H,2H2,1H3,(H,22,23)/t19-/m1/s1. The Morgan fingerprint density at radius 2 is 1.79 bits per heavy atom. The predicted molar refractivity (Wildman–Crippen MR) is 95.8 cm³/mol. The third-order valence-electron chi connectivity index (χ3n) is 3.93. The summed E-state index contributed by atoms with van der Waals surface area (Å²) in [6, 6.07) is 17.6.